The molecule has 0 aromatic heterocycles. The number of benzene rings is 1. The molecule has 0 spiro atoms. The Labute approximate surface area is 114 Å². The maximum absolute atomic E-state index is 11.5. The quantitative estimate of drug-likeness (QED) is 0.842. The van der Waals surface area contributed by atoms with Crippen molar-refractivity contribution in [2.75, 3.05) is 26.0 Å². The maximum atomic E-state index is 11.5. The van der Waals surface area contributed by atoms with Crippen molar-refractivity contribution in [3.05, 3.63) is 29.3 Å². The molecule has 102 valence electrons. The third kappa shape index (κ3) is 1.82. The summed E-state index contributed by atoms with van der Waals surface area (Å²) in [7, 11) is 3.85. The fourth-order valence-electron chi connectivity index (χ4n) is 3.43. The van der Waals surface area contributed by atoms with Gasteiger partial charge in [0.15, 0.2) is 0 Å². The number of likely N-dealkylation sites (N-methyl/N-ethyl adjacent to an activating group) is 2. The molecule has 2 atom stereocenters. The molecule has 0 bridgehead atoms. The van der Waals surface area contributed by atoms with Gasteiger partial charge in [-0.1, -0.05) is 19.1 Å². The smallest absolute Gasteiger partial charge is 0.224 e. The molecule has 0 saturated carbocycles. The van der Waals surface area contributed by atoms with Crippen LogP contribution in [0.3, 0.4) is 0 Å². The largest absolute Gasteiger partial charge is 0.369 e. The third-order valence-corrected chi connectivity index (χ3v) is 4.66. The molecule has 4 heteroatoms. The van der Waals surface area contributed by atoms with Crippen LogP contribution in [0, 0.1) is 0 Å². The summed E-state index contributed by atoms with van der Waals surface area (Å²) in [4.78, 5) is 13.9. The average Bonchev–Trinajstić information content (AvgIpc) is 2.84. The molecule has 3 rings (SSSR count). The first-order valence-corrected chi connectivity index (χ1v) is 6.85. The minimum atomic E-state index is 0.0659. The van der Waals surface area contributed by atoms with Crippen molar-refractivity contribution in [3.63, 3.8) is 0 Å². The Kier molecular flexibility index (Phi) is 2.78. The molecular formula is C15H21N3O. The molecule has 1 fully saturated rings. The third-order valence-electron chi connectivity index (χ3n) is 4.66. The van der Waals surface area contributed by atoms with E-state index in [0.717, 1.165) is 18.5 Å². The van der Waals surface area contributed by atoms with Crippen LogP contribution in [0.15, 0.2) is 18.2 Å². The summed E-state index contributed by atoms with van der Waals surface area (Å²) in [5, 5.41) is 6.29. The van der Waals surface area contributed by atoms with Gasteiger partial charge in [0.2, 0.25) is 5.91 Å². The number of amides is 1. The molecule has 2 aliphatic rings. The Morgan fingerprint density at radius 3 is 3.11 bits per heavy atom. The van der Waals surface area contributed by atoms with E-state index in [1.165, 1.54) is 11.3 Å². The van der Waals surface area contributed by atoms with E-state index < -0.39 is 0 Å². The minimum absolute atomic E-state index is 0.0659. The van der Waals surface area contributed by atoms with E-state index >= 15 is 0 Å². The van der Waals surface area contributed by atoms with E-state index in [-0.39, 0.29) is 11.3 Å². The molecular weight excluding hydrogens is 238 g/mol. The first kappa shape index (κ1) is 12.5. The molecule has 0 aliphatic carbocycles. The number of nitrogens with zero attached hydrogens (tertiary/aromatic N) is 1. The highest BCUT2D eigenvalue weighted by Gasteiger charge is 2.49. The monoisotopic (exact) mass is 259 g/mol. The predicted molar refractivity (Wildman–Crippen MR) is 76.2 cm³/mol. The summed E-state index contributed by atoms with van der Waals surface area (Å²) in [6.07, 6.45) is 2.01. The number of carbonyl (C=O) groups excluding carboxylic acids is 1. The molecule has 0 radical (unpaired) electrons. The molecule has 2 aliphatic heterocycles. The van der Waals surface area contributed by atoms with Gasteiger partial charge >= 0.3 is 0 Å². The van der Waals surface area contributed by atoms with Gasteiger partial charge in [-0.05, 0) is 30.7 Å². The second-order valence-electron chi connectivity index (χ2n) is 5.92. The van der Waals surface area contributed by atoms with Gasteiger partial charge in [0.05, 0.1) is 12.6 Å². The summed E-state index contributed by atoms with van der Waals surface area (Å²) < 4.78 is 0. The molecule has 1 aromatic rings. The summed E-state index contributed by atoms with van der Waals surface area (Å²) in [5.74, 6) is 0.0659. The Morgan fingerprint density at radius 1 is 1.58 bits per heavy atom. The SMILES string of the molecule is CNC(=O)Cc1ccc2c(c1)C1(C)CCN(C)C1N2. The molecule has 2 heterocycles. The van der Waals surface area contributed by atoms with E-state index in [9.17, 15) is 4.79 Å². The predicted octanol–water partition coefficient (Wildman–Crippen LogP) is 1.32. The van der Waals surface area contributed by atoms with Crippen molar-refractivity contribution in [1.29, 1.82) is 0 Å². The standard InChI is InChI=1S/C15H21N3O/c1-15-6-7-18(3)14(15)17-12-5-4-10(8-11(12)15)9-13(19)16-2/h4-5,8,14,17H,6-7,9H2,1-3H3,(H,16,19). The Hall–Kier alpha value is -1.55. The van der Waals surface area contributed by atoms with Gasteiger partial charge in [-0.2, -0.15) is 0 Å². The van der Waals surface area contributed by atoms with Crippen molar-refractivity contribution in [2.24, 2.45) is 0 Å². The lowest BCUT2D eigenvalue weighted by Crippen LogP contribution is -2.39. The van der Waals surface area contributed by atoms with E-state index in [1.54, 1.807) is 7.05 Å². The van der Waals surface area contributed by atoms with Crippen LogP contribution in [-0.4, -0.2) is 37.6 Å². The molecule has 1 amide bonds. The van der Waals surface area contributed by atoms with Crippen LogP contribution in [-0.2, 0) is 16.6 Å². The first-order valence-electron chi connectivity index (χ1n) is 6.85. The van der Waals surface area contributed by atoms with Crippen LogP contribution in [0.2, 0.25) is 0 Å². The lowest BCUT2D eigenvalue weighted by Gasteiger charge is -2.27. The maximum Gasteiger partial charge on any atom is 0.224 e. The van der Waals surface area contributed by atoms with E-state index in [1.807, 2.05) is 6.07 Å². The number of fused-ring (bicyclic) bond motifs is 3. The van der Waals surface area contributed by atoms with Gasteiger partial charge in [-0.25, -0.2) is 0 Å². The summed E-state index contributed by atoms with van der Waals surface area (Å²) >= 11 is 0. The number of nitrogens with one attached hydrogen (secondary N) is 2. The molecule has 1 saturated heterocycles. The zero-order valence-electron chi connectivity index (χ0n) is 11.8. The van der Waals surface area contributed by atoms with E-state index in [0.29, 0.717) is 12.6 Å². The molecule has 2 N–H and O–H groups in total. The molecule has 1 aromatic carbocycles. The molecule has 4 nitrogen and oxygen atoms in total. The second-order valence-corrected chi connectivity index (χ2v) is 5.92. The van der Waals surface area contributed by atoms with E-state index in [4.69, 9.17) is 0 Å². The average molecular weight is 259 g/mol. The van der Waals surface area contributed by atoms with Gasteiger partial charge in [0, 0.05) is 24.7 Å². The minimum Gasteiger partial charge on any atom is -0.369 e. The number of rotatable bonds is 2. The van der Waals surface area contributed by atoms with Crippen LogP contribution in [0.4, 0.5) is 5.69 Å². The van der Waals surface area contributed by atoms with Crippen molar-refractivity contribution in [1.82, 2.24) is 10.2 Å². The normalized spacial score (nSPS) is 28.7. The highest BCUT2D eigenvalue weighted by atomic mass is 16.1. The zero-order valence-corrected chi connectivity index (χ0v) is 11.8. The number of anilines is 1. The van der Waals surface area contributed by atoms with Crippen LogP contribution < -0.4 is 10.6 Å². The summed E-state index contributed by atoms with van der Waals surface area (Å²) in [5.41, 5.74) is 3.85. The number of likely N-dealkylation sites (tertiary alicyclic amines) is 1. The van der Waals surface area contributed by atoms with Gasteiger partial charge in [-0.15, -0.1) is 0 Å². The van der Waals surface area contributed by atoms with E-state index in [2.05, 4.69) is 41.6 Å². The van der Waals surface area contributed by atoms with Gasteiger partial charge in [-0.3, -0.25) is 9.69 Å². The highest BCUT2D eigenvalue weighted by Crippen LogP contribution is 2.48. The Morgan fingerprint density at radius 2 is 2.37 bits per heavy atom. The fraction of sp³-hybridized carbons (Fsp3) is 0.533. The lowest BCUT2D eigenvalue weighted by molar-refractivity contribution is -0.119. The summed E-state index contributed by atoms with van der Waals surface area (Å²) in [6, 6.07) is 6.37. The Bertz CT molecular complexity index is 528. The molecule has 2 unspecified atom stereocenters. The highest BCUT2D eigenvalue weighted by molar-refractivity contribution is 5.78. The zero-order chi connectivity index (χ0) is 13.6. The van der Waals surface area contributed by atoms with Gasteiger partial charge in [0.25, 0.3) is 0 Å². The van der Waals surface area contributed by atoms with Crippen LogP contribution in [0.5, 0.6) is 0 Å². The van der Waals surface area contributed by atoms with Crippen molar-refractivity contribution >= 4 is 11.6 Å². The topological polar surface area (TPSA) is 44.4 Å². The number of hydrogen-bond acceptors (Lipinski definition) is 3. The van der Waals surface area contributed by atoms with Gasteiger partial charge in [0.1, 0.15) is 0 Å². The van der Waals surface area contributed by atoms with Crippen LogP contribution in [0.25, 0.3) is 0 Å². The fourth-order valence-corrected chi connectivity index (χ4v) is 3.43. The number of hydrogen-bond donors (Lipinski definition) is 2. The molecule has 19 heavy (non-hydrogen) atoms. The number of carbonyl (C=O) groups is 1. The van der Waals surface area contributed by atoms with Crippen LogP contribution in [0.1, 0.15) is 24.5 Å². The summed E-state index contributed by atoms with van der Waals surface area (Å²) in [6.45, 7) is 3.44. The van der Waals surface area contributed by atoms with Crippen molar-refractivity contribution in [3.8, 4) is 0 Å². The Balaban J connectivity index is 1.94. The van der Waals surface area contributed by atoms with Crippen molar-refractivity contribution in [2.45, 2.75) is 31.3 Å². The van der Waals surface area contributed by atoms with Crippen LogP contribution >= 0.6 is 0 Å². The lowest BCUT2D eigenvalue weighted by atomic mass is 9.81. The van der Waals surface area contributed by atoms with Crippen molar-refractivity contribution < 1.29 is 4.79 Å². The van der Waals surface area contributed by atoms with Gasteiger partial charge < -0.3 is 10.6 Å². The second kappa shape index (κ2) is 4.23. The first-order chi connectivity index (χ1) is 9.04.